The number of nitrogens with one attached hydrogen (secondary N) is 1. The van der Waals surface area contributed by atoms with E-state index in [9.17, 15) is 9.59 Å². The number of hydrogen-bond donors (Lipinski definition) is 1. The van der Waals surface area contributed by atoms with Gasteiger partial charge in [0.05, 0.1) is 35.4 Å². The molecular weight excluding hydrogens is 452 g/mol. The van der Waals surface area contributed by atoms with Crippen LogP contribution in [0.4, 0.5) is 5.13 Å². The highest BCUT2D eigenvalue weighted by Gasteiger charge is 2.20. The lowest BCUT2D eigenvalue weighted by molar-refractivity contribution is -0.119. The van der Waals surface area contributed by atoms with Gasteiger partial charge < -0.3 is 18.9 Å². The highest BCUT2D eigenvalue weighted by atomic mass is 79.9. The lowest BCUT2D eigenvalue weighted by Crippen LogP contribution is -2.21. The number of anilines is 1. The Labute approximate surface area is 175 Å². The third-order valence-corrected chi connectivity index (χ3v) is 4.59. The number of rotatable bonds is 10. The molecule has 0 radical (unpaired) electrons. The van der Waals surface area contributed by atoms with Crippen LogP contribution in [-0.4, -0.2) is 43.3 Å². The highest BCUT2D eigenvalue weighted by Crippen LogP contribution is 2.39. The van der Waals surface area contributed by atoms with Gasteiger partial charge in [-0.3, -0.25) is 10.1 Å². The van der Waals surface area contributed by atoms with Gasteiger partial charge in [0, 0.05) is 0 Å². The van der Waals surface area contributed by atoms with Crippen LogP contribution >= 0.6 is 27.3 Å². The number of carbonyl (C=O) groups is 2. The summed E-state index contributed by atoms with van der Waals surface area (Å²) in [5.41, 5.74) is 0.195. The number of amides is 1. The molecule has 1 aromatic carbocycles. The maximum absolute atomic E-state index is 12.4. The van der Waals surface area contributed by atoms with Crippen LogP contribution < -0.4 is 19.5 Å². The van der Waals surface area contributed by atoms with Crippen LogP contribution in [-0.2, 0) is 9.53 Å². The van der Waals surface area contributed by atoms with E-state index in [-0.39, 0.29) is 5.56 Å². The summed E-state index contributed by atoms with van der Waals surface area (Å²) < 4.78 is 22.6. The molecule has 1 amide bonds. The van der Waals surface area contributed by atoms with Gasteiger partial charge in [0.1, 0.15) is 0 Å². The Balaban J connectivity index is 2.11. The minimum Gasteiger partial charge on any atom is -0.490 e. The van der Waals surface area contributed by atoms with E-state index in [2.05, 4.69) is 26.2 Å². The molecule has 0 spiro atoms. The first-order chi connectivity index (χ1) is 13.5. The van der Waals surface area contributed by atoms with Crippen LogP contribution in [0.1, 0.15) is 31.1 Å². The van der Waals surface area contributed by atoms with Crippen molar-refractivity contribution in [3.05, 3.63) is 27.7 Å². The maximum Gasteiger partial charge on any atom is 0.338 e. The molecule has 0 bridgehead atoms. The topological polar surface area (TPSA) is 96.0 Å². The quantitative estimate of drug-likeness (QED) is 0.523. The van der Waals surface area contributed by atoms with Crippen molar-refractivity contribution in [2.24, 2.45) is 0 Å². The number of nitrogens with zero attached hydrogens (tertiary/aromatic N) is 1. The van der Waals surface area contributed by atoms with E-state index in [1.54, 1.807) is 6.20 Å². The molecule has 28 heavy (non-hydrogen) atoms. The minimum absolute atomic E-state index is 0.195. The second-order valence-corrected chi connectivity index (χ2v) is 7.60. The standard InChI is InChI=1S/C18H21BrN2O6S/c1-4-24-12-7-11(8-13(25-5-2)16(12)26-6-3)17(23)27-10-15(22)21-18-20-9-14(19)28-18/h7-9H,4-6,10H2,1-3H3,(H,20,21,22). The second-order valence-electron chi connectivity index (χ2n) is 5.19. The smallest absolute Gasteiger partial charge is 0.338 e. The third-order valence-electron chi connectivity index (χ3n) is 3.20. The highest BCUT2D eigenvalue weighted by molar-refractivity contribution is 9.11. The first kappa shape index (κ1) is 22.0. The number of halogens is 1. The van der Waals surface area contributed by atoms with Gasteiger partial charge in [0.25, 0.3) is 5.91 Å². The lowest BCUT2D eigenvalue weighted by atomic mass is 10.2. The van der Waals surface area contributed by atoms with Crippen LogP contribution in [0.3, 0.4) is 0 Å². The van der Waals surface area contributed by atoms with Crippen LogP contribution in [0, 0.1) is 0 Å². The Bertz CT molecular complexity index is 799. The van der Waals surface area contributed by atoms with E-state index in [4.69, 9.17) is 18.9 Å². The fourth-order valence-corrected chi connectivity index (χ4v) is 3.31. The molecule has 0 fully saturated rings. The van der Waals surface area contributed by atoms with Gasteiger partial charge in [-0.15, -0.1) is 0 Å². The number of hydrogen-bond acceptors (Lipinski definition) is 8. The van der Waals surface area contributed by atoms with Crippen LogP contribution in [0.15, 0.2) is 22.1 Å². The Morgan fingerprint density at radius 2 is 1.68 bits per heavy atom. The zero-order chi connectivity index (χ0) is 20.5. The molecule has 0 saturated heterocycles. The predicted octanol–water partition coefficient (Wildman–Crippen LogP) is 3.90. The van der Waals surface area contributed by atoms with Gasteiger partial charge in [0.15, 0.2) is 23.2 Å². The largest absolute Gasteiger partial charge is 0.490 e. The Kier molecular flexibility index (Phi) is 8.52. The fourth-order valence-electron chi connectivity index (χ4n) is 2.19. The number of thiazole rings is 1. The number of carbonyl (C=O) groups excluding carboxylic acids is 2. The molecule has 0 aliphatic carbocycles. The molecule has 0 aliphatic rings. The zero-order valence-electron chi connectivity index (χ0n) is 15.7. The summed E-state index contributed by atoms with van der Waals surface area (Å²) in [7, 11) is 0. The van der Waals surface area contributed by atoms with Crippen molar-refractivity contribution in [1.29, 1.82) is 0 Å². The zero-order valence-corrected chi connectivity index (χ0v) is 18.1. The molecule has 152 valence electrons. The van der Waals surface area contributed by atoms with E-state index in [1.807, 2.05) is 20.8 Å². The molecule has 0 atom stereocenters. The summed E-state index contributed by atoms with van der Waals surface area (Å²) in [5.74, 6) is 0.00476. The van der Waals surface area contributed by atoms with Crippen LogP contribution in [0.2, 0.25) is 0 Å². The van der Waals surface area contributed by atoms with Gasteiger partial charge in [-0.05, 0) is 48.8 Å². The summed E-state index contributed by atoms with van der Waals surface area (Å²) in [6.07, 6.45) is 1.57. The molecule has 0 saturated carbocycles. The fraction of sp³-hybridized carbons (Fsp3) is 0.389. The van der Waals surface area contributed by atoms with E-state index in [0.29, 0.717) is 42.2 Å². The molecule has 2 rings (SSSR count). The monoisotopic (exact) mass is 472 g/mol. The van der Waals surface area contributed by atoms with Gasteiger partial charge in [0.2, 0.25) is 5.75 Å². The minimum atomic E-state index is -0.680. The number of benzene rings is 1. The van der Waals surface area contributed by atoms with Crippen molar-refractivity contribution < 1.29 is 28.5 Å². The molecular formula is C18H21BrN2O6S. The maximum atomic E-state index is 12.4. The Morgan fingerprint density at radius 1 is 1.07 bits per heavy atom. The first-order valence-corrected chi connectivity index (χ1v) is 10.2. The average Bonchev–Trinajstić information content (AvgIpc) is 3.07. The molecule has 8 nitrogen and oxygen atoms in total. The molecule has 1 aromatic heterocycles. The van der Waals surface area contributed by atoms with Gasteiger partial charge in [-0.1, -0.05) is 11.3 Å². The second kappa shape index (κ2) is 10.9. The number of aromatic nitrogens is 1. The van der Waals surface area contributed by atoms with E-state index >= 15 is 0 Å². The molecule has 0 aliphatic heterocycles. The van der Waals surface area contributed by atoms with E-state index in [1.165, 1.54) is 23.5 Å². The Hall–Kier alpha value is -2.33. The summed E-state index contributed by atoms with van der Waals surface area (Å²) >= 11 is 4.51. The van der Waals surface area contributed by atoms with E-state index in [0.717, 1.165) is 3.79 Å². The summed E-state index contributed by atoms with van der Waals surface area (Å²) in [4.78, 5) is 28.3. The van der Waals surface area contributed by atoms with Crippen molar-refractivity contribution in [3.8, 4) is 17.2 Å². The molecule has 1 N–H and O–H groups in total. The third kappa shape index (κ3) is 6.10. The van der Waals surface area contributed by atoms with Crippen molar-refractivity contribution in [3.63, 3.8) is 0 Å². The van der Waals surface area contributed by atoms with Crippen LogP contribution in [0.5, 0.6) is 17.2 Å². The number of ether oxygens (including phenoxy) is 4. The normalized spacial score (nSPS) is 10.3. The first-order valence-electron chi connectivity index (χ1n) is 8.63. The van der Waals surface area contributed by atoms with E-state index < -0.39 is 18.5 Å². The average molecular weight is 473 g/mol. The summed E-state index contributed by atoms with van der Waals surface area (Å²) in [6.45, 7) is 6.22. The van der Waals surface area contributed by atoms with Crippen molar-refractivity contribution in [2.75, 3.05) is 31.7 Å². The lowest BCUT2D eigenvalue weighted by Gasteiger charge is -2.16. The van der Waals surface area contributed by atoms with Gasteiger partial charge >= 0.3 is 5.97 Å². The van der Waals surface area contributed by atoms with Crippen molar-refractivity contribution in [2.45, 2.75) is 20.8 Å². The molecule has 10 heteroatoms. The van der Waals surface area contributed by atoms with Crippen molar-refractivity contribution >= 4 is 44.3 Å². The summed E-state index contributed by atoms with van der Waals surface area (Å²) in [5, 5.41) is 2.96. The van der Waals surface area contributed by atoms with Gasteiger partial charge in [-0.2, -0.15) is 0 Å². The van der Waals surface area contributed by atoms with Crippen LogP contribution in [0.25, 0.3) is 0 Å². The molecule has 2 aromatic rings. The molecule has 1 heterocycles. The molecule has 0 unspecified atom stereocenters. The SMILES string of the molecule is CCOc1cc(C(=O)OCC(=O)Nc2ncc(Br)s2)cc(OCC)c1OCC. The van der Waals surface area contributed by atoms with Gasteiger partial charge in [-0.25, -0.2) is 9.78 Å². The number of esters is 1. The summed E-state index contributed by atoms with van der Waals surface area (Å²) in [6, 6.07) is 3.02. The Morgan fingerprint density at radius 3 is 2.18 bits per heavy atom. The predicted molar refractivity (Wildman–Crippen MR) is 109 cm³/mol. The van der Waals surface area contributed by atoms with Crippen molar-refractivity contribution in [1.82, 2.24) is 4.98 Å².